The second-order valence-electron chi connectivity index (χ2n) is 4.90. The zero-order valence-corrected chi connectivity index (χ0v) is 13.1. The van der Waals surface area contributed by atoms with Crippen LogP contribution in [0.15, 0.2) is 30.3 Å². The largest absolute Gasteiger partial charge is 0.481 e. The van der Waals surface area contributed by atoms with E-state index in [1.54, 1.807) is 0 Å². The molecule has 0 unspecified atom stereocenters. The fraction of sp³-hybridized carbons (Fsp3) is 0.500. The minimum atomic E-state index is -0.695. The third kappa shape index (κ3) is 3.35. The van der Waals surface area contributed by atoms with Gasteiger partial charge in [0.2, 0.25) is 0 Å². The molecule has 1 aromatic carbocycles. The molecule has 0 heterocycles. The first-order chi connectivity index (χ1) is 8.58. The van der Waals surface area contributed by atoms with Crippen LogP contribution < -0.4 is 0 Å². The van der Waals surface area contributed by atoms with E-state index in [1.165, 1.54) is 5.56 Å². The van der Waals surface area contributed by atoms with Crippen molar-refractivity contribution in [3.63, 3.8) is 0 Å². The molecule has 1 N–H and O–H groups in total. The van der Waals surface area contributed by atoms with Gasteiger partial charge in [-0.3, -0.25) is 4.79 Å². The maximum Gasteiger partial charge on any atom is 0.307 e. The van der Waals surface area contributed by atoms with Crippen LogP contribution in [-0.2, 0) is 11.2 Å². The van der Waals surface area contributed by atoms with Crippen molar-refractivity contribution in [3.05, 3.63) is 35.9 Å². The van der Waals surface area contributed by atoms with Crippen LogP contribution >= 0.6 is 31.9 Å². The maximum atomic E-state index is 11.1. The van der Waals surface area contributed by atoms with Gasteiger partial charge < -0.3 is 5.11 Å². The van der Waals surface area contributed by atoms with Gasteiger partial charge in [0.1, 0.15) is 0 Å². The molecule has 0 aromatic heterocycles. The fourth-order valence-electron chi connectivity index (χ4n) is 2.57. The van der Waals surface area contributed by atoms with E-state index in [0.29, 0.717) is 12.3 Å². The number of rotatable bonds is 3. The molecule has 2 rings (SSSR count). The highest BCUT2D eigenvalue weighted by atomic mass is 79.9. The molecule has 0 amide bonds. The normalized spacial score (nSPS) is 32.1. The number of alkyl halides is 2. The quantitative estimate of drug-likeness (QED) is 0.814. The Morgan fingerprint density at radius 3 is 2.44 bits per heavy atom. The SMILES string of the molecule is O=C(O)[C@@H]1C[C@H](Br)[C@@H](Cc2ccccc2)C[C@H]1Br. The first-order valence-corrected chi connectivity index (χ1v) is 7.96. The van der Waals surface area contributed by atoms with Crippen molar-refractivity contribution in [1.29, 1.82) is 0 Å². The van der Waals surface area contributed by atoms with Gasteiger partial charge in [-0.25, -0.2) is 0 Å². The summed E-state index contributed by atoms with van der Waals surface area (Å²) in [5.41, 5.74) is 1.32. The first kappa shape index (κ1) is 14.1. The second kappa shape index (κ2) is 6.20. The van der Waals surface area contributed by atoms with Gasteiger partial charge in [0.25, 0.3) is 0 Å². The monoisotopic (exact) mass is 374 g/mol. The summed E-state index contributed by atoms with van der Waals surface area (Å²) in [6, 6.07) is 10.4. The summed E-state index contributed by atoms with van der Waals surface area (Å²) in [4.78, 5) is 11.5. The molecule has 4 atom stereocenters. The molecular formula is C14H16Br2O2. The number of hydrogen-bond acceptors (Lipinski definition) is 1. The minimum absolute atomic E-state index is 0.0810. The topological polar surface area (TPSA) is 37.3 Å². The Labute approximate surface area is 124 Å². The molecule has 1 saturated carbocycles. The first-order valence-electron chi connectivity index (χ1n) is 6.12. The average Bonchev–Trinajstić information content (AvgIpc) is 2.34. The summed E-state index contributed by atoms with van der Waals surface area (Å²) in [7, 11) is 0. The lowest BCUT2D eigenvalue weighted by Crippen LogP contribution is -2.37. The third-order valence-corrected chi connectivity index (χ3v) is 5.75. The summed E-state index contributed by atoms with van der Waals surface area (Å²) >= 11 is 7.20. The summed E-state index contributed by atoms with van der Waals surface area (Å²) in [5.74, 6) is -0.478. The molecular weight excluding hydrogens is 360 g/mol. The Bertz CT molecular complexity index is 408. The van der Waals surface area contributed by atoms with Gasteiger partial charge >= 0.3 is 5.97 Å². The van der Waals surface area contributed by atoms with E-state index in [1.807, 2.05) is 18.2 Å². The molecule has 1 aromatic rings. The van der Waals surface area contributed by atoms with Crippen molar-refractivity contribution in [2.24, 2.45) is 11.8 Å². The van der Waals surface area contributed by atoms with Crippen molar-refractivity contribution in [3.8, 4) is 0 Å². The molecule has 98 valence electrons. The van der Waals surface area contributed by atoms with Crippen LogP contribution in [-0.4, -0.2) is 20.7 Å². The van der Waals surface area contributed by atoms with Gasteiger partial charge in [0.05, 0.1) is 5.92 Å². The third-order valence-electron chi connectivity index (χ3n) is 3.61. The molecule has 2 nitrogen and oxygen atoms in total. The number of halogens is 2. The smallest absolute Gasteiger partial charge is 0.307 e. The Balaban J connectivity index is 2.01. The Hall–Kier alpha value is -0.350. The van der Waals surface area contributed by atoms with E-state index >= 15 is 0 Å². The molecule has 1 aliphatic rings. The molecule has 0 aliphatic heterocycles. The standard InChI is InChI=1S/C14H16Br2O2/c15-12-8-11(14(17)18)13(16)7-10(12)6-9-4-2-1-3-5-9/h1-5,10-13H,6-8H2,(H,17,18)/t10-,11+,12-,13+/m0/s1. The molecule has 0 radical (unpaired) electrons. The fourth-order valence-corrected chi connectivity index (χ4v) is 4.30. The molecule has 0 saturated heterocycles. The van der Waals surface area contributed by atoms with Crippen LogP contribution in [0.2, 0.25) is 0 Å². The lowest BCUT2D eigenvalue weighted by Gasteiger charge is -2.34. The van der Waals surface area contributed by atoms with Gasteiger partial charge in [-0.1, -0.05) is 62.2 Å². The zero-order valence-electron chi connectivity index (χ0n) is 9.93. The number of carboxylic acid groups (broad SMARTS) is 1. The summed E-state index contributed by atoms with van der Waals surface area (Å²) in [5, 5.41) is 9.15. The van der Waals surface area contributed by atoms with Gasteiger partial charge in [-0.15, -0.1) is 0 Å². The highest BCUT2D eigenvalue weighted by molar-refractivity contribution is 9.10. The van der Waals surface area contributed by atoms with E-state index < -0.39 is 5.97 Å². The predicted octanol–water partition coefficient (Wildman–Crippen LogP) is 3.87. The predicted molar refractivity (Wildman–Crippen MR) is 79.4 cm³/mol. The second-order valence-corrected chi connectivity index (χ2v) is 7.25. The lowest BCUT2D eigenvalue weighted by molar-refractivity contribution is -0.142. The summed E-state index contributed by atoms with van der Waals surface area (Å²) in [6.07, 6.45) is 2.61. The molecule has 0 bridgehead atoms. The molecule has 4 heteroatoms. The van der Waals surface area contributed by atoms with Gasteiger partial charge in [-0.05, 0) is 30.7 Å². The lowest BCUT2D eigenvalue weighted by atomic mass is 9.79. The highest BCUT2D eigenvalue weighted by Crippen LogP contribution is 2.39. The van der Waals surface area contributed by atoms with Crippen molar-refractivity contribution in [2.75, 3.05) is 0 Å². The van der Waals surface area contributed by atoms with Crippen LogP contribution in [0.4, 0.5) is 0 Å². The van der Waals surface area contributed by atoms with E-state index in [2.05, 4.69) is 44.0 Å². The highest BCUT2D eigenvalue weighted by Gasteiger charge is 2.38. The van der Waals surface area contributed by atoms with Crippen LogP contribution in [0.25, 0.3) is 0 Å². The van der Waals surface area contributed by atoms with Gasteiger partial charge in [0, 0.05) is 9.65 Å². The molecule has 0 spiro atoms. The van der Waals surface area contributed by atoms with Gasteiger partial charge in [0.15, 0.2) is 0 Å². The minimum Gasteiger partial charge on any atom is -0.481 e. The number of hydrogen-bond donors (Lipinski definition) is 1. The maximum absolute atomic E-state index is 11.1. The molecule has 1 fully saturated rings. The van der Waals surface area contributed by atoms with Gasteiger partial charge in [-0.2, -0.15) is 0 Å². The number of carbonyl (C=O) groups is 1. The summed E-state index contributed by atoms with van der Waals surface area (Å²) in [6.45, 7) is 0. The molecule has 1 aliphatic carbocycles. The van der Waals surface area contributed by atoms with Crippen LogP contribution in [0.3, 0.4) is 0 Å². The Morgan fingerprint density at radius 2 is 1.83 bits per heavy atom. The van der Waals surface area contributed by atoms with Crippen LogP contribution in [0.1, 0.15) is 18.4 Å². The van der Waals surface area contributed by atoms with Crippen LogP contribution in [0.5, 0.6) is 0 Å². The zero-order chi connectivity index (χ0) is 13.1. The number of carboxylic acids is 1. The van der Waals surface area contributed by atoms with Crippen molar-refractivity contribution in [1.82, 2.24) is 0 Å². The summed E-state index contributed by atoms with van der Waals surface area (Å²) < 4.78 is 0. The Kier molecular flexibility index (Phi) is 4.84. The van der Waals surface area contributed by atoms with E-state index in [-0.39, 0.29) is 15.6 Å². The number of aliphatic carboxylic acids is 1. The average molecular weight is 376 g/mol. The van der Waals surface area contributed by atoms with Crippen LogP contribution in [0, 0.1) is 11.8 Å². The van der Waals surface area contributed by atoms with Crippen molar-refractivity contribution in [2.45, 2.75) is 28.9 Å². The Morgan fingerprint density at radius 1 is 1.17 bits per heavy atom. The van der Waals surface area contributed by atoms with Crippen molar-refractivity contribution < 1.29 is 9.90 Å². The number of benzene rings is 1. The van der Waals surface area contributed by atoms with E-state index in [9.17, 15) is 4.79 Å². The molecule has 18 heavy (non-hydrogen) atoms. The van der Waals surface area contributed by atoms with E-state index in [0.717, 1.165) is 12.8 Å². The van der Waals surface area contributed by atoms with E-state index in [4.69, 9.17) is 5.11 Å². The van der Waals surface area contributed by atoms with Crippen molar-refractivity contribution >= 4 is 37.8 Å².